The molecule has 0 radical (unpaired) electrons. The van der Waals surface area contributed by atoms with Crippen LogP contribution in [-0.4, -0.2) is 4.98 Å². The molecule has 0 bridgehead atoms. The van der Waals surface area contributed by atoms with Gasteiger partial charge in [-0.05, 0) is 31.5 Å². The molecule has 96 valence electrons. The van der Waals surface area contributed by atoms with Gasteiger partial charge in [-0.25, -0.2) is 4.98 Å². The van der Waals surface area contributed by atoms with Gasteiger partial charge in [-0.2, -0.15) is 0 Å². The molecule has 0 fully saturated rings. The Morgan fingerprint density at radius 3 is 2.72 bits per heavy atom. The summed E-state index contributed by atoms with van der Waals surface area (Å²) in [6.45, 7) is 4.93. The van der Waals surface area contributed by atoms with Gasteiger partial charge in [-0.1, -0.05) is 29.3 Å². The van der Waals surface area contributed by atoms with Gasteiger partial charge in [0.1, 0.15) is 0 Å². The van der Waals surface area contributed by atoms with E-state index in [9.17, 15) is 0 Å². The Balaban J connectivity index is 1.99. The van der Waals surface area contributed by atoms with Crippen LogP contribution >= 0.6 is 34.5 Å². The van der Waals surface area contributed by atoms with E-state index in [1.165, 1.54) is 4.88 Å². The topological polar surface area (TPSA) is 24.9 Å². The number of thiazole rings is 1. The van der Waals surface area contributed by atoms with E-state index in [1.54, 1.807) is 11.3 Å². The molecule has 0 saturated carbocycles. The van der Waals surface area contributed by atoms with Crippen molar-refractivity contribution in [2.24, 2.45) is 0 Å². The number of hydrogen-bond acceptors (Lipinski definition) is 3. The Kier molecular flexibility index (Phi) is 4.62. The molecule has 1 aromatic carbocycles. The standard InChI is InChI=1S/C13H14Cl2N2S/c1-8(10-3-4-12(14)13(15)5-10)16-6-11-7-17-9(2)18-11/h3-5,7-8,16H,6H2,1-2H3. The van der Waals surface area contributed by atoms with E-state index in [2.05, 4.69) is 17.2 Å². The minimum absolute atomic E-state index is 0.224. The van der Waals surface area contributed by atoms with Crippen LogP contribution in [0.1, 0.15) is 28.4 Å². The summed E-state index contributed by atoms with van der Waals surface area (Å²) in [6.07, 6.45) is 1.91. The SMILES string of the molecule is Cc1ncc(CNC(C)c2ccc(Cl)c(Cl)c2)s1. The summed E-state index contributed by atoms with van der Waals surface area (Å²) in [6, 6.07) is 5.94. The number of aromatic nitrogens is 1. The molecular weight excluding hydrogens is 287 g/mol. The number of nitrogens with zero attached hydrogens (tertiary/aromatic N) is 1. The van der Waals surface area contributed by atoms with Crippen molar-refractivity contribution in [2.75, 3.05) is 0 Å². The first-order chi connectivity index (χ1) is 8.56. The lowest BCUT2D eigenvalue weighted by atomic mass is 10.1. The summed E-state index contributed by atoms with van der Waals surface area (Å²) in [4.78, 5) is 5.47. The van der Waals surface area contributed by atoms with Crippen molar-refractivity contribution >= 4 is 34.5 Å². The molecular formula is C13H14Cl2N2S. The molecule has 1 atom stereocenters. The van der Waals surface area contributed by atoms with E-state index < -0.39 is 0 Å². The van der Waals surface area contributed by atoms with E-state index >= 15 is 0 Å². The highest BCUT2D eigenvalue weighted by Crippen LogP contribution is 2.25. The number of benzene rings is 1. The Bertz CT molecular complexity index is 540. The molecule has 0 aliphatic heterocycles. The number of aryl methyl sites for hydroxylation is 1. The molecule has 5 heteroatoms. The summed E-state index contributed by atoms with van der Waals surface area (Å²) in [5, 5.41) is 5.72. The van der Waals surface area contributed by atoms with Gasteiger partial charge < -0.3 is 5.32 Å². The predicted molar refractivity (Wildman–Crippen MR) is 78.6 cm³/mol. The van der Waals surface area contributed by atoms with Crippen LogP contribution in [0.3, 0.4) is 0 Å². The van der Waals surface area contributed by atoms with E-state index in [0.717, 1.165) is 17.1 Å². The number of nitrogens with one attached hydrogen (secondary N) is 1. The Hall–Kier alpha value is -0.610. The van der Waals surface area contributed by atoms with Crippen LogP contribution in [0.4, 0.5) is 0 Å². The minimum Gasteiger partial charge on any atom is -0.305 e. The quantitative estimate of drug-likeness (QED) is 0.892. The molecule has 18 heavy (non-hydrogen) atoms. The van der Waals surface area contributed by atoms with Gasteiger partial charge >= 0.3 is 0 Å². The monoisotopic (exact) mass is 300 g/mol. The van der Waals surface area contributed by atoms with Crippen LogP contribution in [0.15, 0.2) is 24.4 Å². The molecule has 2 nitrogen and oxygen atoms in total. The normalized spacial score (nSPS) is 12.7. The van der Waals surface area contributed by atoms with E-state index in [0.29, 0.717) is 10.0 Å². The van der Waals surface area contributed by atoms with Gasteiger partial charge in [-0.3, -0.25) is 0 Å². The maximum absolute atomic E-state index is 6.01. The molecule has 0 aliphatic carbocycles. The first-order valence-corrected chi connectivity index (χ1v) is 7.23. The molecule has 0 aliphatic rings. The number of halogens is 2. The van der Waals surface area contributed by atoms with Crippen molar-refractivity contribution in [1.82, 2.24) is 10.3 Å². The first-order valence-electron chi connectivity index (χ1n) is 5.66. The zero-order valence-electron chi connectivity index (χ0n) is 10.2. The van der Waals surface area contributed by atoms with E-state index in [4.69, 9.17) is 23.2 Å². The molecule has 2 aromatic rings. The van der Waals surface area contributed by atoms with Crippen molar-refractivity contribution in [2.45, 2.75) is 26.4 Å². The van der Waals surface area contributed by atoms with Crippen LogP contribution in [0, 0.1) is 6.92 Å². The van der Waals surface area contributed by atoms with Crippen LogP contribution in [-0.2, 0) is 6.54 Å². The smallest absolute Gasteiger partial charge is 0.0897 e. The summed E-state index contributed by atoms with van der Waals surface area (Å²) >= 11 is 13.6. The lowest BCUT2D eigenvalue weighted by Crippen LogP contribution is -2.17. The fourth-order valence-corrected chi connectivity index (χ4v) is 2.69. The lowest BCUT2D eigenvalue weighted by Gasteiger charge is -2.14. The molecule has 0 saturated heterocycles. The average Bonchev–Trinajstić information content (AvgIpc) is 2.75. The van der Waals surface area contributed by atoms with Gasteiger partial charge in [0.05, 0.1) is 15.1 Å². The Morgan fingerprint density at radius 2 is 2.11 bits per heavy atom. The second-order valence-corrected chi connectivity index (χ2v) is 6.26. The highest BCUT2D eigenvalue weighted by Gasteiger charge is 2.08. The minimum atomic E-state index is 0.224. The molecule has 1 heterocycles. The third kappa shape index (κ3) is 3.45. The molecule has 2 rings (SSSR count). The highest BCUT2D eigenvalue weighted by atomic mass is 35.5. The van der Waals surface area contributed by atoms with Crippen LogP contribution in [0.25, 0.3) is 0 Å². The molecule has 1 aromatic heterocycles. The van der Waals surface area contributed by atoms with Gasteiger partial charge in [0.25, 0.3) is 0 Å². The maximum Gasteiger partial charge on any atom is 0.0897 e. The van der Waals surface area contributed by atoms with Crippen LogP contribution < -0.4 is 5.32 Å². The van der Waals surface area contributed by atoms with Crippen molar-refractivity contribution < 1.29 is 0 Å². The zero-order chi connectivity index (χ0) is 13.1. The van der Waals surface area contributed by atoms with Gasteiger partial charge in [-0.15, -0.1) is 11.3 Å². The van der Waals surface area contributed by atoms with Crippen molar-refractivity contribution in [3.8, 4) is 0 Å². The van der Waals surface area contributed by atoms with Crippen LogP contribution in [0.5, 0.6) is 0 Å². The number of rotatable bonds is 4. The Labute approximate surface area is 121 Å². The van der Waals surface area contributed by atoms with E-state index in [-0.39, 0.29) is 6.04 Å². The van der Waals surface area contributed by atoms with Crippen molar-refractivity contribution in [1.29, 1.82) is 0 Å². The molecule has 1 N–H and O–H groups in total. The predicted octanol–water partition coefficient (Wildman–Crippen LogP) is 4.61. The second-order valence-electron chi connectivity index (χ2n) is 4.12. The maximum atomic E-state index is 6.01. The molecule has 0 spiro atoms. The zero-order valence-corrected chi connectivity index (χ0v) is 12.5. The largest absolute Gasteiger partial charge is 0.305 e. The van der Waals surface area contributed by atoms with Gasteiger partial charge in [0.2, 0.25) is 0 Å². The second kappa shape index (κ2) is 6.02. The summed E-state index contributed by atoms with van der Waals surface area (Å²) in [5.41, 5.74) is 1.13. The highest BCUT2D eigenvalue weighted by molar-refractivity contribution is 7.11. The summed E-state index contributed by atoms with van der Waals surface area (Å²) in [7, 11) is 0. The van der Waals surface area contributed by atoms with Gasteiger partial charge in [0, 0.05) is 23.7 Å². The van der Waals surface area contributed by atoms with Crippen LogP contribution in [0.2, 0.25) is 10.0 Å². The summed E-state index contributed by atoms with van der Waals surface area (Å²) < 4.78 is 0. The van der Waals surface area contributed by atoms with E-state index in [1.807, 2.05) is 31.3 Å². The third-order valence-corrected chi connectivity index (χ3v) is 4.35. The molecule has 1 unspecified atom stereocenters. The fourth-order valence-electron chi connectivity index (χ4n) is 1.64. The average molecular weight is 301 g/mol. The van der Waals surface area contributed by atoms with Crippen molar-refractivity contribution in [3.63, 3.8) is 0 Å². The lowest BCUT2D eigenvalue weighted by molar-refractivity contribution is 0.578. The number of hydrogen-bond donors (Lipinski definition) is 1. The molecule has 0 amide bonds. The third-order valence-electron chi connectivity index (χ3n) is 2.70. The summed E-state index contributed by atoms with van der Waals surface area (Å²) in [5.74, 6) is 0. The van der Waals surface area contributed by atoms with Gasteiger partial charge in [0.15, 0.2) is 0 Å². The first kappa shape index (κ1) is 13.8. The Morgan fingerprint density at radius 1 is 1.33 bits per heavy atom. The fraction of sp³-hybridized carbons (Fsp3) is 0.308. The van der Waals surface area contributed by atoms with Crippen molar-refractivity contribution in [3.05, 3.63) is 49.9 Å².